The normalized spacial score (nSPS) is 30.8. The van der Waals surface area contributed by atoms with Gasteiger partial charge in [-0.15, -0.1) is 0 Å². The molecule has 3 aliphatic rings. The minimum absolute atomic E-state index is 0.0681. The van der Waals surface area contributed by atoms with Crippen LogP contribution in [0.1, 0.15) is 34.6 Å². The summed E-state index contributed by atoms with van der Waals surface area (Å²) in [6.07, 6.45) is 7.59. The fraction of sp³-hybridized carbons (Fsp3) is 0.435. The molecule has 6 nitrogen and oxygen atoms in total. The summed E-state index contributed by atoms with van der Waals surface area (Å²) in [5.41, 5.74) is -0.257. The third-order valence-electron chi connectivity index (χ3n) is 6.06. The molecule has 0 aromatic rings. The van der Waals surface area contributed by atoms with Crippen LogP contribution in [0.4, 0.5) is 0 Å². The number of ether oxygens (including phenoxy) is 2. The standard InChI is InChI=1S/C23H25ClO6/c1-6-11(2)20(26)17-18-16-10-29-14(8-7-12(3)13(4)25)9-15(16)19(24)21(27)23(18,5)30-22(17)28/h6-10,12-13,17-18,25H,1-5H3/b8-7+,11-6+/t12-,13-,17-,18-,23+/m1/s1. The van der Waals surface area contributed by atoms with Crippen LogP contribution in [-0.4, -0.2) is 34.3 Å². The largest absolute Gasteiger partial charge is 0.465 e. The molecular weight excluding hydrogens is 408 g/mol. The molecule has 0 saturated carbocycles. The molecule has 3 rings (SSSR count). The maximum absolute atomic E-state index is 13.1. The highest BCUT2D eigenvalue weighted by Gasteiger charge is 2.64. The van der Waals surface area contributed by atoms with Crippen LogP contribution in [0.5, 0.6) is 0 Å². The zero-order valence-corrected chi connectivity index (χ0v) is 18.3. The van der Waals surface area contributed by atoms with Crippen molar-refractivity contribution in [2.75, 3.05) is 0 Å². The average Bonchev–Trinajstić information content (AvgIpc) is 3.00. The molecule has 1 saturated heterocycles. The van der Waals surface area contributed by atoms with Gasteiger partial charge in [0, 0.05) is 17.1 Å². The lowest BCUT2D eigenvalue weighted by atomic mass is 9.67. The van der Waals surface area contributed by atoms with E-state index in [0.717, 1.165) is 0 Å². The van der Waals surface area contributed by atoms with Crippen LogP contribution in [0.25, 0.3) is 0 Å². The van der Waals surface area contributed by atoms with E-state index in [4.69, 9.17) is 21.1 Å². The summed E-state index contributed by atoms with van der Waals surface area (Å²) in [6.45, 7) is 8.36. The Morgan fingerprint density at radius 3 is 2.60 bits per heavy atom. The lowest BCUT2D eigenvalue weighted by Crippen LogP contribution is -2.48. The van der Waals surface area contributed by atoms with E-state index in [9.17, 15) is 19.5 Å². The highest BCUT2D eigenvalue weighted by Crippen LogP contribution is 2.52. The van der Waals surface area contributed by atoms with Gasteiger partial charge in [-0.05, 0) is 45.4 Å². The van der Waals surface area contributed by atoms with Crippen LogP contribution >= 0.6 is 11.6 Å². The van der Waals surface area contributed by atoms with Gasteiger partial charge in [0.2, 0.25) is 5.78 Å². The predicted octanol–water partition coefficient (Wildman–Crippen LogP) is 3.52. The Morgan fingerprint density at radius 2 is 2.00 bits per heavy atom. The quantitative estimate of drug-likeness (QED) is 0.406. The molecule has 2 aliphatic heterocycles. The molecule has 7 heteroatoms. The van der Waals surface area contributed by atoms with Crippen LogP contribution < -0.4 is 0 Å². The summed E-state index contributed by atoms with van der Waals surface area (Å²) in [6, 6.07) is 0. The molecule has 0 aromatic carbocycles. The lowest BCUT2D eigenvalue weighted by molar-refractivity contribution is -0.156. The van der Waals surface area contributed by atoms with Crippen molar-refractivity contribution in [3.05, 3.63) is 58.1 Å². The van der Waals surface area contributed by atoms with E-state index < -0.39 is 35.3 Å². The smallest absolute Gasteiger partial charge is 0.318 e. The molecule has 1 fully saturated rings. The van der Waals surface area contributed by atoms with Crippen LogP contribution in [0.3, 0.4) is 0 Å². The van der Waals surface area contributed by atoms with Gasteiger partial charge < -0.3 is 14.6 Å². The molecule has 30 heavy (non-hydrogen) atoms. The van der Waals surface area contributed by atoms with E-state index in [0.29, 0.717) is 22.5 Å². The first-order valence-corrected chi connectivity index (χ1v) is 10.2. The van der Waals surface area contributed by atoms with Crippen LogP contribution in [-0.2, 0) is 23.9 Å². The van der Waals surface area contributed by atoms with Crippen molar-refractivity contribution in [2.24, 2.45) is 17.8 Å². The van der Waals surface area contributed by atoms with E-state index in [1.165, 1.54) is 13.2 Å². The molecule has 0 bridgehead atoms. The Hall–Kier alpha value is -2.44. The molecule has 0 radical (unpaired) electrons. The number of allylic oxidation sites excluding steroid dienone is 5. The monoisotopic (exact) mass is 432 g/mol. The molecule has 0 amide bonds. The van der Waals surface area contributed by atoms with Gasteiger partial charge in [0.15, 0.2) is 11.4 Å². The first-order valence-electron chi connectivity index (χ1n) is 9.82. The second kappa shape index (κ2) is 8.00. The average molecular weight is 433 g/mol. The van der Waals surface area contributed by atoms with E-state index in [1.807, 2.05) is 6.92 Å². The highest BCUT2D eigenvalue weighted by atomic mass is 35.5. The molecule has 0 unspecified atom stereocenters. The molecule has 1 aliphatic carbocycles. The molecule has 0 aromatic heterocycles. The summed E-state index contributed by atoms with van der Waals surface area (Å²) in [7, 11) is 0. The zero-order valence-electron chi connectivity index (χ0n) is 17.6. The number of carbonyl (C=O) groups is 3. The third kappa shape index (κ3) is 3.48. The Kier molecular flexibility index (Phi) is 5.94. The Labute approximate surface area is 180 Å². The predicted molar refractivity (Wildman–Crippen MR) is 111 cm³/mol. The third-order valence-corrected chi connectivity index (χ3v) is 6.44. The first-order chi connectivity index (χ1) is 14.0. The number of hydrogen-bond donors (Lipinski definition) is 1. The first kappa shape index (κ1) is 22.2. The second-order valence-corrected chi connectivity index (χ2v) is 8.45. The van der Waals surface area contributed by atoms with E-state index in [2.05, 4.69) is 0 Å². The molecule has 5 atom stereocenters. The SMILES string of the molecule is C/C=C(\C)C(=O)[C@@H]1C(=O)O[C@]2(C)C(=O)C(Cl)=C3C=C(/C=C/[C@@H](C)[C@@H](C)O)OC=C3[C@H]12. The van der Waals surface area contributed by atoms with Crippen molar-refractivity contribution in [3.63, 3.8) is 0 Å². The molecule has 0 spiro atoms. The van der Waals surface area contributed by atoms with Gasteiger partial charge in [-0.25, -0.2) is 0 Å². The second-order valence-electron chi connectivity index (χ2n) is 8.07. The Bertz CT molecular complexity index is 964. The van der Waals surface area contributed by atoms with Crippen molar-refractivity contribution >= 4 is 29.1 Å². The number of ketones is 2. The van der Waals surface area contributed by atoms with Crippen LogP contribution in [0, 0.1) is 17.8 Å². The Morgan fingerprint density at radius 1 is 1.33 bits per heavy atom. The minimum Gasteiger partial charge on any atom is -0.465 e. The number of aliphatic hydroxyl groups excluding tert-OH is 1. The van der Waals surface area contributed by atoms with Gasteiger partial charge in [-0.2, -0.15) is 0 Å². The summed E-state index contributed by atoms with van der Waals surface area (Å²) < 4.78 is 11.1. The number of fused-ring (bicyclic) bond motifs is 3. The van der Waals surface area contributed by atoms with E-state index in [1.54, 1.807) is 45.1 Å². The van der Waals surface area contributed by atoms with Gasteiger partial charge in [0.25, 0.3) is 0 Å². The number of esters is 1. The summed E-state index contributed by atoms with van der Waals surface area (Å²) in [5.74, 6) is -3.33. The van der Waals surface area contributed by atoms with Crippen molar-refractivity contribution in [2.45, 2.75) is 46.3 Å². The fourth-order valence-electron chi connectivity index (χ4n) is 3.82. The number of carbonyl (C=O) groups excluding carboxylic acids is 3. The van der Waals surface area contributed by atoms with Crippen LogP contribution in [0.2, 0.25) is 0 Å². The maximum Gasteiger partial charge on any atom is 0.318 e. The van der Waals surface area contributed by atoms with Crippen molar-refractivity contribution in [1.29, 1.82) is 0 Å². The lowest BCUT2D eigenvalue weighted by Gasteiger charge is -2.36. The van der Waals surface area contributed by atoms with Crippen molar-refractivity contribution in [3.8, 4) is 0 Å². The number of rotatable bonds is 5. The number of hydrogen-bond acceptors (Lipinski definition) is 6. The zero-order chi connectivity index (χ0) is 22.4. The van der Waals surface area contributed by atoms with E-state index >= 15 is 0 Å². The van der Waals surface area contributed by atoms with Crippen molar-refractivity contribution in [1.82, 2.24) is 0 Å². The van der Waals surface area contributed by atoms with Crippen LogP contribution in [0.15, 0.2) is 58.1 Å². The summed E-state index contributed by atoms with van der Waals surface area (Å²) in [5, 5.41) is 9.57. The molecule has 160 valence electrons. The summed E-state index contributed by atoms with van der Waals surface area (Å²) >= 11 is 6.38. The van der Waals surface area contributed by atoms with Crippen molar-refractivity contribution < 1.29 is 29.0 Å². The van der Waals surface area contributed by atoms with Gasteiger partial charge in [0.05, 0.1) is 23.3 Å². The minimum atomic E-state index is -1.57. The number of halogens is 1. The van der Waals surface area contributed by atoms with Gasteiger partial charge in [-0.3, -0.25) is 14.4 Å². The van der Waals surface area contributed by atoms with Gasteiger partial charge in [-0.1, -0.05) is 30.7 Å². The number of Topliss-reactive ketones (excluding diaryl/α,β-unsaturated/α-hetero) is 2. The fourth-order valence-corrected chi connectivity index (χ4v) is 4.17. The number of aliphatic hydroxyl groups is 1. The molecule has 1 N–H and O–H groups in total. The highest BCUT2D eigenvalue weighted by molar-refractivity contribution is 6.45. The van der Waals surface area contributed by atoms with E-state index in [-0.39, 0.29) is 16.7 Å². The topological polar surface area (TPSA) is 89.9 Å². The summed E-state index contributed by atoms with van der Waals surface area (Å²) in [4.78, 5) is 38.6. The maximum atomic E-state index is 13.1. The molecular formula is C23H25ClO6. The molecule has 2 heterocycles. The van der Waals surface area contributed by atoms with Gasteiger partial charge >= 0.3 is 5.97 Å². The Balaban J connectivity index is 2.05. The van der Waals surface area contributed by atoms with Gasteiger partial charge in [0.1, 0.15) is 11.7 Å².